The number of methoxy groups -OCH3 is 1. The Kier molecular flexibility index (Phi) is 7.64. The third-order valence-electron chi connectivity index (χ3n) is 4.91. The number of anilines is 1. The highest BCUT2D eigenvalue weighted by atomic mass is 32.2. The topological polar surface area (TPSA) is 107 Å². The van der Waals surface area contributed by atoms with Crippen LogP contribution in [0.15, 0.2) is 53.4 Å². The Balaban J connectivity index is 1.83. The summed E-state index contributed by atoms with van der Waals surface area (Å²) in [7, 11) is -2.22. The van der Waals surface area contributed by atoms with E-state index in [1.807, 2.05) is 32.0 Å². The van der Waals surface area contributed by atoms with Crippen molar-refractivity contribution in [3.63, 3.8) is 0 Å². The van der Waals surface area contributed by atoms with Crippen LogP contribution in [0.2, 0.25) is 0 Å². The molecule has 0 radical (unpaired) electrons. The number of sulfone groups is 1. The van der Waals surface area contributed by atoms with E-state index in [0.717, 1.165) is 23.5 Å². The maximum atomic E-state index is 13.4. The van der Waals surface area contributed by atoms with Crippen LogP contribution in [0.4, 0.5) is 5.13 Å². The van der Waals surface area contributed by atoms with E-state index in [1.54, 1.807) is 12.1 Å². The molecule has 2 aromatic carbocycles. The molecule has 0 saturated heterocycles. The molecule has 0 aliphatic carbocycles. The summed E-state index contributed by atoms with van der Waals surface area (Å²) in [6.45, 7) is 4.01. The van der Waals surface area contributed by atoms with Crippen molar-refractivity contribution in [1.29, 1.82) is 0 Å². The van der Waals surface area contributed by atoms with E-state index >= 15 is 0 Å². The van der Waals surface area contributed by atoms with E-state index in [0.29, 0.717) is 29.5 Å². The molecule has 0 bridgehead atoms. The maximum Gasteiger partial charge on any atom is 0.203 e. The van der Waals surface area contributed by atoms with Crippen molar-refractivity contribution in [3.05, 3.63) is 65.5 Å². The van der Waals surface area contributed by atoms with Crippen LogP contribution in [0.25, 0.3) is 0 Å². The van der Waals surface area contributed by atoms with Gasteiger partial charge in [0.1, 0.15) is 11.6 Å². The highest BCUT2D eigenvalue weighted by molar-refractivity contribution is 7.92. The van der Waals surface area contributed by atoms with Crippen LogP contribution in [-0.2, 0) is 16.3 Å². The summed E-state index contributed by atoms with van der Waals surface area (Å²) in [5, 5.41) is 2.48. The summed E-state index contributed by atoms with van der Waals surface area (Å²) in [6, 6.07) is 13.9. The number of hydrogen-bond donors (Lipinski definition) is 2. The monoisotopic (exact) mass is 460 g/mol. The van der Waals surface area contributed by atoms with Crippen LogP contribution in [0, 0.1) is 6.92 Å². The molecule has 7 nitrogen and oxygen atoms in total. The number of hydrogen-bond acceptors (Lipinski definition) is 8. The predicted octanol–water partition coefficient (Wildman–Crippen LogP) is 3.79. The number of aryl methyl sites for hydroxylation is 1. The van der Waals surface area contributed by atoms with Crippen LogP contribution in [-0.4, -0.2) is 36.3 Å². The zero-order valence-electron chi connectivity index (χ0n) is 17.9. The van der Waals surface area contributed by atoms with Crippen molar-refractivity contribution >= 4 is 26.5 Å². The van der Waals surface area contributed by atoms with E-state index in [9.17, 15) is 8.42 Å². The molecule has 9 heteroatoms. The molecular formula is C22H28N4O3S2. The molecule has 0 aliphatic rings. The van der Waals surface area contributed by atoms with Gasteiger partial charge in [-0.25, -0.2) is 13.4 Å². The van der Waals surface area contributed by atoms with Crippen molar-refractivity contribution in [1.82, 2.24) is 9.36 Å². The Labute approximate surface area is 187 Å². The first-order chi connectivity index (χ1) is 14.8. The smallest absolute Gasteiger partial charge is 0.203 e. The molecule has 2 unspecified atom stereocenters. The Morgan fingerprint density at radius 1 is 1.19 bits per heavy atom. The minimum absolute atomic E-state index is 0.182. The fraction of sp³-hybridized carbons (Fsp3) is 0.364. The van der Waals surface area contributed by atoms with Crippen molar-refractivity contribution in [2.24, 2.45) is 5.73 Å². The van der Waals surface area contributed by atoms with E-state index in [2.05, 4.69) is 20.7 Å². The zero-order chi connectivity index (χ0) is 22.4. The molecule has 0 amide bonds. The number of nitrogens with two attached hydrogens (primary N) is 1. The van der Waals surface area contributed by atoms with E-state index < -0.39 is 21.3 Å². The van der Waals surface area contributed by atoms with Crippen LogP contribution in [0.5, 0.6) is 5.75 Å². The van der Waals surface area contributed by atoms with Gasteiger partial charge in [-0.3, -0.25) is 0 Å². The predicted molar refractivity (Wildman–Crippen MR) is 124 cm³/mol. The fourth-order valence-corrected chi connectivity index (χ4v) is 5.69. The van der Waals surface area contributed by atoms with Crippen molar-refractivity contribution < 1.29 is 13.2 Å². The van der Waals surface area contributed by atoms with Gasteiger partial charge in [0.15, 0.2) is 5.37 Å². The van der Waals surface area contributed by atoms with Crippen molar-refractivity contribution in [2.75, 3.05) is 12.4 Å². The lowest BCUT2D eigenvalue weighted by atomic mass is 10.1. The zero-order valence-corrected chi connectivity index (χ0v) is 19.5. The SMILES string of the molecule is CCCC(N)C(Nc1nc(Cc2cccc(C)c2)ns1)S(=O)(=O)c1ccc(OC)cc1. The second-order valence-electron chi connectivity index (χ2n) is 7.42. The van der Waals surface area contributed by atoms with Gasteiger partial charge in [-0.1, -0.05) is 43.2 Å². The van der Waals surface area contributed by atoms with E-state index in [1.165, 1.54) is 24.8 Å². The second kappa shape index (κ2) is 10.2. The summed E-state index contributed by atoms with van der Waals surface area (Å²) < 4.78 is 36.2. The lowest BCUT2D eigenvalue weighted by Crippen LogP contribution is -2.45. The second-order valence-corrected chi connectivity index (χ2v) is 10.2. The van der Waals surface area contributed by atoms with Crippen LogP contribution >= 0.6 is 11.5 Å². The molecule has 0 aliphatic heterocycles. The Hall–Kier alpha value is -2.49. The van der Waals surface area contributed by atoms with Crippen LogP contribution in [0.3, 0.4) is 0 Å². The highest BCUT2D eigenvalue weighted by Gasteiger charge is 2.33. The lowest BCUT2D eigenvalue weighted by molar-refractivity contribution is 0.414. The number of benzene rings is 2. The van der Waals surface area contributed by atoms with Crippen molar-refractivity contribution in [3.8, 4) is 5.75 Å². The first kappa shape index (κ1) is 23.2. The summed E-state index contributed by atoms with van der Waals surface area (Å²) in [5.74, 6) is 1.23. The Morgan fingerprint density at radius 2 is 1.94 bits per heavy atom. The van der Waals surface area contributed by atoms with Crippen LogP contribution < -0.4 is 15.8 Å². The number of nitrogens with zero attached hydrogens (tertiary/aromatic N) is 2. The quantitative estimate of drug-likeness (QED) is 0.474. The van der Waals surface area contributed by atoms with Gasteiger partial charge >= 0.3 is 0 Å². The number of ether oxygens (including phenoxy) is 1. The van der Waals surface area contributed by atoms with E-state index in [4.69, 9.17) is 10.5 Å². The number of rotatable bonds is 10. The van der Waals surface area contributed by atoms with Crippen molar-refractivity contribution in [2.45, 2.75) is 49.4 Å². The van der Waals surface area contributed by atoms with Gasteiger partial charge in [0.05, 0.1) is 12.0 Å². The number of nitrogens with one attached hydrogen (secondary N) is 1. The minimum atomic E-state index is -3.75. The summed E-state index contributed by atoms with van der Waals surface area (Å²) in [6.07, 6.45) is 1.91. The maximum absolute atomic E-state index is 13.4. The normalized spacial score (nSPS) is 13.5. The summed E-state index contributed by atoms with van der Waals surface area (Å²) in [4.78, 5) is 4.69. The Bertz CT molecular complexity index is 1100. The average Bonchev–Trinajstić information content (AvgIpc) is 3.19. The van der Waals surface area contributed by atoms with Gasteiger partial charge in [0.2, 0.25) is 15.0 Å². The fourth-order valence-electron chi connectivity index (χ4n) is 3.32. The molecule has 3 aromatic rings. The van der Waals surface area contributed by atoms with Gasteiger partial charge < -0.3 is 15.8 Å². The van der Waals surface area contributed by atoms with Gasteiger partial charge in [0, 0.05) is 24.0 Å². The molecule has 3 rings (SSSR count). The third-order valence-corrected chi connectivity index (χ3v) is 7.66. The molecule has 0 spiro atoms. The van der Waals surface area contributed by atoms with E-state index in [-0.39, 0.29) is 4.90 Å². The Morgan fingerprint density at radius 3 is 2.58 bits per heavy atom. The van der Waals surface area contributed by atoms with Gasteiger partial charge in [-0.2, -0.15) is 4.37 Å². The third kappa shape index (κ3) is 5.81. The first-order valence-corrected chi connectivity index (χ1v) is 12.4. The summed E-state index contributed by atoms with van der Waals surface area (Å²) >= 11 is 1.14. The molecule has 3 N–H and O–H groups in total. The first-order valence-electron chi connectivity index (χ1n) is 10.1. The highest BCUT2D eigenvalue weighted by Crippen LogP contribution is 2.25. The minimum Gasteiger partial charge on any atom is -0.497 e. The average molecular weight is 461 g/mol. The van der Waals surface area contributed by atoms with Crippen LogP contribution in [0.1, 0.15) is 36.7 Å². The lowest BCUT2D eigenvalue weighted by Gasteiger charge is -2.24. The van der Waals surface area contributed by atoms with Gasteiger partial charge in [-0.05, 0) is 43.2 Å². The molecular weight excluding hydrogens is 432 g/mol. The molecule has 1 heterocycles. The molecule has 0 saturated carbocycles. The summed E-state index contributed by atoms with van der Waals surface area (Å²) in [5.41, 5.74) is 8.57. The molecule has 1 aromatic heterocycles. The molecule has 31 heavy (non-hydrogen) atoms. The van der Waals surface area contributed by atoms with Gasteiger partial charge in [0.25, 0.3) is 0 Å². The number of aromatic nitrogens is 2. The standard InChI is InChI=1S/C22H28N4O3S2/c1-4-6-19(23)21(31(27,28)18-11-9-17(29-3)10-12-18)25-22-24-20(26-30-22)14-16-8-5-7-15(2)13-16/h5,7-13,19,21H,4,6,14,23H2,1-3H3,(H,24,25,26). The molecule has 2 atom stereocenters. The van der Waals surface area contributed by atoms with Gasteiger partial charge in [-0.15, -0.1) is 0 Å². The largest absolute Gasteiger partial charge is 0.497 e. The molecule has 0 fully saturated rings. The molecule has 166 valence electrons.